The summed E-state index contributed by atoms with van der Waals surface area (Å²) in [6, 6.07) is 0. The largest absolute Gasteiger partial charge is 0.288 e. The van der Waals surface area contributed by atoms with E-state index in [9.17, 15) is 4.79 Å². The fourth-order valence-electron chi connectivity index (χ4n) is 1.05. The van der Waals surface area contributed by atoms with Gasteiger partial charge in [0.1, 0.15) is 0 Å². The number of aryl methyl sites for hydroxylation is 2. The van der Waals surface area contributed by atoms with Crippen LogP contribution < -0.4 is 5.48 Å². The number of nitrogens with one attached hydrogen (secondary N) is 1. The van der Waals surface area contributed by atoms with Crippen molar-refractivity contribution in [3.8, 4) is 0 Å². The minimum Gasteiger partial charge on any atom is -0.288 e. The van der Waals surface area contributed by atoms with Gasteiger partial charge in [0.05, 0.1) is 11.3 Å². The van der Waals surface area contributed by atoms with Gasteiger partial charge in [-0.2, -0.15) is 5.10 Å². The lowest BCUT2D eigenvalue weighted by molar-refractivity contribution is 0.0705. The van der Waals surface area contributed by atoms with E-state index in [0.29, 0.717) is 17.7 Å². The Balaban J connectivity index is 3.04. The van der Waals surface area contributed by atoms with Crippen LogP contribution >= 0.6 is 0 Å². The van der Waals surface area contributed by atoms with Gasteiger partial charge < -0.3 is 0 Å². The van der Waals surface area contributed by atoms with Crippen LogP contribution in [0.2, 0.25) is 0 Å². The number of rotatable bonds is 2. The SMILES string of the molecule is CCc1nn(C)cc1C(=O)NO. The number of carbonyl (C=O) groups excluding carboxylic acids is 1. The molecule has 1 aromatic heterocycles. The molecule has 0 aliphatic heterocycles. The average Bonchev–Trinajstić information content (AvgIpc) is 2.45. The van der Waals surface area contributed by atoms with Crippen LogP contribution in [0.1, 0.15) is 23.0 Å². The molecule has 0 fully saturated rings. The lowest BCUT2D eigenvalue weighted by atomic mass is 10.2. The smallest absolute Gasteiger partial charge is 0.278 e. The first-order valence-electron chi connectivity index (χ1n) is 3.66. The molecule has 1 heterocycles. The van der Waals surface area contributed by atoms with Crippen molar-refractivity contribution in [2.75, 3.05) is 0 Å². The van der Waals surface area contributed by atoms with Crippen molar-refractivity contribution >= 4 is 5.91 Å². The van der Waals surface area contributed by atoms with Crippen molar-refractivity contribution in [2.45, 2.75) is 13.3 Å². The lowest BCUT2D eigenvalue weighted by Crippen LogP contribution is -2.19. The molecule has 0 saturated carbocycles. The Bertz CT molecular complexity index is 293. The van der Waals surface area contributed by atoms with Crippen LogP contribution in [0.5, 0.6) is 0 Å². The molecule has 0 unspecified atom stereocenters. The molecule has 1 amide bonds. The Morgan fingerprint density at radius 1 is 1.83 bits per heavy atom. The van der Waals surface area contributed by atoms with Gasteiger partial charge in [-0.1, -0.05) is 6.92 Å². The fourth-order valence-corrected chi connectivity index (χ4v) is 1.05. The third-order valence-corrected chi connectivity index (χ3v) is 1.59. The highest BCUT2D eigenvalue weighted by molar-refractivity contribution is 5.94. The average molecular weight is 169 g/mol. The summed E-state index contributed by atoms with van der Waals surface area (Å²) in [5.74, 6) is -0.514. The minimum atomic E-state index is -0.514. The topological polar surface area (TPSA) is 67.2 Å². The van der Waals surface area contributed by atoms with Crippen LogP contribution in [-0.4, -0.2) is 20.9 Å². The summed E-state index contributed by atoms with van der Waals surface area (Å²) in [6.45, 7) is 1.90. The number of carbonyl (C=O) groups is 1. The molecule has 0 aromatic carbocycles. The molecule has 1 rings (SSSR count). The molecule has 5 heteroatoms. The van der Waals surface area contributed by atoms with Crippen LogP contribution in [0.3, 0.4) is 0 Å². The Kier molecular flexibility index (Phi) is 2.44. The number of nitrogens with zero attached hydrogens (tertiary/aromatic N) is 2. The van der Waals surface area contributed by atoms with E-state index in [2.05, 4.69) is 5.10 Å². The third-order valence-electron chi connectivity index (χ3n) is 1.59. The molecule has 0 atom stereocenters. The zero-order valence-corrected chi connectivity index (χ0v) is 7.03. The predicted octanol–water partition coefficient (Wildman–Crippen LogP) is 0.102. The molecule has 0 spiro atoms. The van der Waals surface area contributed by atoms with E-state index >= 15 is 0 Å². The first-order valence-corrected chi connectivity index (χ1v) is 3.66. The Labute approximate surface area is 70.0 Å². The van der Waals surface area contributed by atoms with E-state index in [1.165, 1.54) is 0 Å². The lowest BCUT2D eigenvalue weighted by Gasteiger charge is -1.94. The molecule has 12 heavy (non-hydrogen) atoms. The Morgan fingerprint density at radius 3 is 3.00 bits per heavy atom. The molecule has 2 N–H and O–H groups in total. The van der Waals surface area contributed by atoms with E-state index < -0.39 is 5.91 Å². The highest BCUT2D eigenvalue weighted by Gasteiger charge is 2.12. The molecule has 0 saturated heterocycles. The fraction of sp³-hybridized carbons (Fsp3) is 0.429. The van der Waals surface area contributed by atoms with E-state index in [1.807, 2.05) is 6.92 Å². The van der Waals surface area contributed by atoms with Gasteiger partial charge in [-0.15, -0.1) is 0 Å². The molecule has 0 bridgehead atoms. The number of hydrogen-bond donors (Lipinski definition) is 2. The molecule has 0 aliphatic carbocycles. The van der Waals surface area contributed by atoms with E-state index in [4.69, 9.17) is 5.21 Å². The van der Waals surface area contributed by atoms with Crippen LogP contribution in [0.25, 0.3) is 0 Å². The quantitative estimate of drug-likeness (QED) is 0.487. The second kappa shape index (κ2) is 3.36. The van der Waals surface area contributed by atoms with E-state index in [-0.39, 0.29) is 0 Å². The van der Waals surface area contributed by atoms with Crippen molar-refractivity contribution in [1.82, 2.24) is 15.3 Å². The second-order valence-corrected chi connectivity index (χ2v) is 2.46. The van der Waals surface area contributed by atoms with E-state index in [1.54, 1.807) is 23.4 Å². The van der Waals surface area contributed by atoms with Gasteiger partial charge in [-0.05, 0) is 6.42 Å². The Hall–Kier alpha value is -1.36. The minimum absolute atomic E-state index is 0.419. The van der Waals surface area contributed by atoms with Crippen LogP contribution in [0.15, 0.2) is 6.20 Å². The molecule has 0 aliphatic rings. The van der Waals surface area contributed by atoms with E-state index in [0.717, 1.165) is 0 Å². The molecular formula is C7H11N3O2. The number of hydrogen-bond acceptors (Lipinski definition) is 3. The standard InChI is InChI=1S/C7H11N3O2/c1-3-6-5(7(11)9-12)4-10(2)8-6/h4,12H,3H2,1-2H3,(H,9,11). The normalized spacial score (nSPS) is 9.92. The van der Waals surface area contributed by atoms with Crippen molar-refractivity contribution in [3.63, 3.8) is 0 Å². The van der Waals surface area contributed by atoms with Crippen molar-refractivity contribution in [3.05, 3.63) is 17.5 Å². The number of amides is 1. The van der Waals surface area contributed by atoms with Gasteiger partial charge in [0.2, 0.25) is 0 Å². The van der Waals surface area contributed by atoms with Crippen LogP contribution in [0.4, 0.5) is 0 Å². The van der Waals surface area contributed by atoms with Gasteiger partial charge >= 0.3 is 0 Å². The van der Waals surface area contributed by atoms with Crippen molar-refractivity contribution in [2.24, 2.45) is 7.05 Å². The zero-order valence-electron chi connectivity index (χ0n) is 7.03. The summed E-state index contributed by atoms with van der Waals surface area (Å²) in [7, 11) is 1.73. The first kappa shape index (κ1) is 8.73. The molecule has 1 aromatic rings. The zero-order chi connectivity index (χ0) is 9.14. The first-order chi connectivity index (χ1) is 5.69. The van der Waals surface area contributed by atoms with Crippen molar-refractivity contribution < 1.29 is 10.0 Å². The third kappa shape index (κ3) is 1.45. The Morgan fingerprint density at radius 2 is 2.50 bits per heavy atom. The highest BCUT2D eigenvalue weighted by atomic mass is 16.5. The summed E-state index contributed by atoms with van der Waals surface area (Å²) >= 11 is 0. The summed E-state index contributed by atoms with van der Waals surface area (Å²) in [4.78, 5) is 11.0. The second-order valence-electron chi connectivity index (χ2n) is 2.46. The molecule has 66 valence electrons. The molecule has 5 nitrogen and oxygen atoms in total. The maximum Gasteiger partial charge on any atom is 0.278 e. The monoisotopic (exact) mass is 169 g/mol. The van der Waals surface area contributed by atoms with Gasteiger partial charge in [-0.25, -0.2) is 5.48 Å². The van der Waals surface area contributed by atoms with Crippen LogP contribution in [-0.2, 0) is 13.5 Å². The number of aromatic nitrogens is 2. The summed E-state index contributed by atoms with van der Waals surface area (Å²) < 4.78 is 1.55. The number of hydroxylamine groups is 1. The molecular weight excluding hydrogens is 158 g/mol. The highest BCUT2D eigenvalue weighted by Crippen LogP contribution is 2.05. The maximum atomic E-state index is 11.0. The van der Waals surface area contributed by atoms with Crippen LogP contribution in [0, 0.1) is 0 Å². The predicted molar refractivity (Wildman–Crippen MR) is 41.8 cm³/mol. The van der Waals surface area contributed by atoms with Gasteiger partial charge in [0.25, 0.3) is 5.91 Å². The summed E-state index contributed by atoms with van der Waals surface area (Å²) in [5.41, 5.74) is 2.68. The summed E-state index contributed by atoms with van der Waals surface area (Å²) in [5, 5.41) is 12.4. The molecule has 0 radical (unpaired) electrons. The van der Waals surface area contributed by atoms with Gasteiger partial charge in [-0.3, -0.25) is 14.7 Å². The van der Waals surface area contributed by atoms with Crippen molar-refractivity contribution in [1.29, 1.82) is 0 Å². The van der Waals surface area contributed by atoms with Gasteiger partial charge in [0, 0.05) is 13.2 Å². The maximum absolute atomic E-state index is 11.0. The summed E-state index contributed by atoms with van der Waals surface area (Å²) in [6.07, 6.45) is 2.24. The van der Waals surface area contributed by atoms with Gasteiger partial charge in [0.15, 0.2) is 0 Å².